The molecule has 7 heteroatoms. The minimum absolute atomic E-state index is 0.0791. The third-order valence-corrected chi connectivity index (χ3v) is 5.71. The predicted octanol–water partition coefficient (Wildman–Crippen LogP) is 1.98. The minimum Gasteiger partial charge on any atom is -0.338 e. The summed E-state index contributed by atoms with van der Waals surface area (Å²) in [5.74, 6) is -1.20. The van der Waals surface area contributed by atoms with Gasteiger partial charge >= 0.3 is 0 Å². The van der Waals surface area contributed by atoms with Crippen LogP contribution in [0.1, 0.15) is 29.3 Å². The fourth-order valence-electron chi connectivity index (χ4n) is 4.15. The van der Waals surface area contributed by atoms with Gasteiger partial charge in [0, 0.05) is 38.3 Å². The lowest BCUT2D eigenvalue weighted by atomic mass is 9.92. The quantitative estimate of drug-likeness (QED) is 0.827. The predicted molar refractivity (Wildman–Crippen MR) is 94.0 cm³/mol. The number of aromatic nitrogens is 2. The minimum atomic E-state index is -0.541. The van der Waals surface area contributed by atoms with Crippen LogP contribution in [0.25, 0.3) is 0 Å². The Morgan fingerprint density at radius 2 is 2.08 bits per heavy atom. The van der Waals surface area contributed by atoms with Crippen LogP contribution in [-0.4, -0.2) is 40.1 Å². The van der Waals surface area contributed by atoms with Crippen LogP contribution in [0.3, 0.4) is 0 Å². The summed E-state index contributed by atoms with van der Waals surface area (Å²) in [4.78, 5) is 28.8. The van der Waals surface area contributed by atoms with Gasteiger partial charge < -0.3 is 9.80 Å². The van der Waals surface area contributed by atoms with E-state index in [2.05, 4.69) is 5.10 Å². The Hall–Kier alpha value is -2.70. The highest BCUT2D eigenvalue weighted by atomic mass is 19.1. The van der Waals surface area contributed by atoms with Crippen molar-refractivity contribution >= 4 is 17.5 Å². The molecule has 0 N–H and O–H groups in total. The molecule has 6 nitrogen and oxygen atoms in total. The summed E-state index contributed by atoms with van der Waals surface area (Å²) in [5, 5.41) is 4.26. The Bertz CT molecular complexity index is 907. The number of carbonyl (C=O) groups is 2. The average molecular weight is 356 g/mol. The fourth-order valence-corrected chi connectivity index (χ4v) is 4.15. The molecule has 0 spiro atoms. The number of hydrogen-bond donors (Lipinski definition) is 0. The number of anilines is 1. The number of nitrogens with zero attached hydrogens (tertiary/aromatic N) is 4. The second-order valence-electron chi connectivity index (χ2n) is 7.06. The summed E-state index contributed by atoms with van der Waals surface area (Å²) in [7, 11) is 3.55. The van der Waals surface area contributed by atoms with Crippen LogP contribution in [-0.2, 0) is 23.1 Å². The zero-order chi connectivity index (χ0) is 18.6. The van der Waals surface area contributed by atoms with Gasteiger partial charge in [0.25, 0.3) is 0 Å². The molecule has 3 heterocycles. The molecule has 0 radical (unpaired) electrons. The molecule has 1 fully saturated rings. The molecule has 2 aromatic rings. The summed E-state index contributed by atoms with van der Waals surface area (Å²) < 4.78 is 16.1. The van der Waals surface area contributed by atoms with Gasteiger partial charge in [-0.1, -0.05) is 12.1 Å². The maximum absolute atomic E-state index is 14.3. The Morgan fingerprint density at radius 1 is 1.31 bits per heavy atom. The van der Waals surface area contributed by atoms with Gasteiger partial charge in [0.1, 0.15) is 5.82 Å². The van der Waals surface area contributed by atoms with Gasteiger partial charge in [-0.25, -0.2) is 4.39 Å². The van der Waals surface area contributed by atoms with E-state index in [0.717, 1.165) is 16.8 Å². The smallest absolute Gasteiger partial charge is 0.233 e. The highest BCUT2D eigenvalue weighted by Crippen LogP contribution is 2.41. The standard InChI is InChI=1S/C19H21FN4O2/c1-11-14(10-21-23(11)3)18-13(9-16(25)22(18)2)19(26)24-8-7-12-5-4-6-15(20)17(12)24/h4-6,10,13,18H,7-9H2,1-3H3/t13-,18-/m0/s1. The number of aryl methyl sites for hydroxylation is 1. The first-order chi connectivity index (χ1) is 12.4. The van der Waals surface area contributed by atoms with Crippen LogP contribution < -0.4 is 4.90 Å². The van der Waals surface area contributed by atoms with Crippen molar-refractivity contribution < 1.29 is 14.0 Å². The summed E-state index contributed by atoms with van der Waals surface area (Å²) >= 11 is 0. The van der Waals surface area contributed by atoms with E-state index in [1.54, 1.807) is 28.9 Å². The van der Waals surface area contributed by atoms with Gasteiger partial charge in [-0.15, -0.1) is 0 Å². The van der Waals surface area contributed by atoms with Crippen molar-refractivity contribution in [3.05, 3.63) is 47.0 Å². The third kappa shape index (κ3) is 2.34. The van der Waals surface area contributed by atoms with Crippen molar-refractivity contribution in [1.82, 2.24) is 14.7 Å². The lowest BCUT2D eigenvalue weighted by molar-refractivity contribution is -0.128. The van der Waals surface area contributed by atoms with Crippen molar-refractivity contribution in [2.45, 2.75) is 25.8 Å². The number of amides is 2. The third-order valence-electron chi connectivity index (χ3n) is 5.71. The van der Waals surface area contributed by atoms with Gasteiger partial charge in [-0.05, 0) is 25.0 Å². The van der Waals surface area contributed by atoms with Gasteiger partial charge in [0.05, 0.1) is 23.8 Å². The molecule has 0 bridgehead atoms. The number of halogens is 1. The SMILES string of the molecule is Cc1c([C@@H]2[C@@H](C(=O)N3CCc4cccc(F)c43)CC(=O)N2C)cnn1C. The molecule has 1 saturated heterocycles. The number of fused-ring (bicyclic) bond motifs is 1. The highest BCUT2D eigenvalue weighted by Gasteiger charge is 2.46. The molecular formula is C19H21FN4O2. The molecule has 0 aliphatic carbocycles. The van der Waals surface area contributed by atoms with Crippen molar-refractivity contribution in [3.8, 4) is 0 Å². The summed E-state index contributed by atoms with van der Waals surface area (Å²) in [5.41, 5.74) is 2.99. The van der Waals surface area contributed by atoms with Crippen LogP contribution >= 0.6 is 0 Å². The average Bonchev–Trinajstić information content (AvgIpc) is 3.27. The lowest BCUT2D eigenvalue weighted by Crippen LogP contribution is -2.38. The van der Waals surface area contributed by atoms with E-state index in [9.17, 15) is 14.0 Å². The van der Waals surface area contributed by atoms with Crippen molar-refractivity contribution in [3.63, 3.8) is 0 Å². The molecule has 2 aliphatic rings. The summed E-state index contributed by atoms with van der Waals surface area (Å²) in [6.45, 7) is 2.37. The molecule has 2 atom stereocenters. The zero-order valence-electron chi connectivity index (χ0n) is 15.1. The van der Waals surface area contributed by atoms with Crippen molar-refractivity contribution in [1.29, 1.82) is 0 Å². The first-order valence-electron chi connectivity index (χ1n) is 8.73. The zero-order valence-corrected chi connectivity index (χ0v) is 15.1. The lowest BCUT2D eigenvalue weighted by Gasteiger charge is -2.28. The molecule has 4 rings (SSSR count). The van der Waals surface area contributed by atoms with E-state index in [1.807, 2.05) is 20.0 Å². The van der Waals surface area contributed by atoms with Gasteiger partial charge in [-0.3, -0.25) is 14.3 Å². The molecule has 1 aromatic heterocycles. The topological polar surface area (TPSA) is 58.4 Å². The largest absolute Gasteiger partial charge is 0.338 e. The van der Waals surface area contributed by atoms with E-state index < -0.39 is 5.92 Å². The van der Waals surface area contributed by atoms with Crippen LogP contribution in [0.4, 0.5) is 10.1 Å². The number of carbonyl (C=O) groups excluding carboxylic acids is 2. The Labute approximate surface area is 151 Å². The number of hydrogen-bond acceptors (Lipinski definition) is 3. The maximum Gasteiger partial charge on any atom is 0.233 e. The number of para-hydroxylation sites is 1. The first kappa shape index (κ1) is 16.8. The van der Waals surface area contributed by atoms with Crippen LogP contribution in [0.15, 0.2) is 24.4 Å². The maximum atomic E-state index is 14.3. The van der Waals surface area contributed by atoms with E-state index in [-0.39, 0.29) is 30.1 Å². The second-order valence-corrected chi connectivity index (χ2v) is 7.06. The molecule has 2 amide bonds. The van der Waals surface area contributed by atoms with E-state index in [4.69, 9.17) is 0 Å². The number of rotatable bonds is 2. The molecule has 26 heavy (non-hydrogen) atoms. The molecule has 0 unspecified atom stereocenters. The second kappa shape index (κ2) is 5.93. The van der Waals surface area contributed by atoms with Gasteiger partial charge in [0.2, 0.25) is 11.8 Å². The van der Waals surface area contributed by atoms with Crippen LogP contribution in [0.5, 0.6) is 0 Å². The van der Waals surface area contributed by atoms with Crippen LogP contribution in [0.2, 0.25) is 0 Å². The Balaban J connectivity index is 1.72. The summed E-state index contributed by atoms with van der Waals surface area (Å²) in [6, 6.07) is 4.51. The van der Waals surface area contributed by atoms with E-state index in [1.165, 1.54) is 11.0 Å². The molecule has 0 saturated carbocycles. The summed E-state index contributed by atoms with van der Waals surface area (Å²) in [6.07, 6.45) is 2.48. The van der Waals surface area contributed by atoms with Gasteiger partial charge in [-0.2, -0.15) is 5.10 Å². The highest BCUT2D eigenvalue weighted by molar-refractivity contribution is 6.01. The molecule has 1 aromatic carbocycles. The Kier molecular flexibility index (Phi) is 3.82. The van der Waals surface area contributed by atoms with Crippen molar-refractivity contribution in [2.75, 3.05) is 18.5 Å². The normalized spacial score (nSPS) is 22.2. The monoisotopic (exact) mass is 356 g/mol. The number of likely N-dealkylation sites (tertiary alicyclic amines) is 1. The molecular weight excluding hydrogens is 335 g/mol. The van der Waals surface area contributed by atoms with Gasteiger partial charge in [0.15, 0.2) is 0 Å². The van der Waals surface area contributed by atoms with Crippen LogP contribution in [0, 0.1) is 18.7 Å². The number of benzene rings is 1. The fraction of sp³-hybridized carbons (Fsp3) is 0.421. The molecule has 2 aliphatic heterocycles. The van der Waals surface area contributed by atoms with E-state index in [0.29, 0.717) is 18.7 Å². The van der Waals surface area contributed by atoms with E-state index >= 15 is 0 Å². The Morgan fingerprint density at radius 3 is 2.77 bits per heavy atom. The van der Waals surface area contributed by atoms with Crippen molar-refractivity contribution in [2.24, 2.45) is 13.0 Å². The first-order valence-corrected chi connectivity index (χ1v) is 8.73. The molecule has 136 valence electrons.